The molecule has 0 saturated carbocycles. The molecule has 0 amide bonds. The fourth-order valence-corrected chi connectivity index (χ4v) is 2.38. The fourth-order valence-electron chi connectivity index (χ4n) is 1.97. The van der Waals surface area contributed by atoms with E-state index in [0.717, 1.165) is 5.56 Å². The van der Waals surface area contributed by atoms with E-state index in [1.165, 1.54) is 6.07 Å². The van der Waals surface area contributed by atoms with Crippen molar-refractivity contribution in [3.05, 3.63) is 70.5 Å². The molecule has 0 aliphatic heterocycles. The molecule has 0 bridgehead atoms. The van der Waals surface area contributed by atoms with Crippen LogP contribution < -0.4 is 0 Å². The van der Waals surface area contributed by atoms with E-state index in [0.29, 0.717) is 17.0 Å². The van der Waals surface area contributed by atoms with Crippen LogP contribution in [-0.2, 0) is 11.2 Å². The predicted octanol–water partition coefficient (Wildman–Crippen LogP) is 4.57. The summed E-state index contributed by atoms with van der Waals surface area (Å²) >= 11 is 11.5. The monoisotopic (exact) mass is 296 g/mol. The molecule has 98 valence electrons. The van der Waals surface area contributed by atoms with Crippen molar-refractivity contribution in [1.29, 1.82) is 0 Å². The summed E-state index contributed by atoms with van der Waals surface area (Å²) in [5, 5.41) is -0.00289. The number of hydrogen-bond acceptors (Lipinski definition) is 1. The molecule has 1 nitrogen and oxygen atoms in total. The van der Waals surface area contributed by atoms with Gasteiger partial charge in [-0.05, 0) is 47.3 Å². The highest BCUT2D eigenvalue weighted by Gasteiger charge is 2.22. The van der Waals surface area contributed by atoms with E-state index in [2.05, 4.69) is 0 Å². The zero-order chi connectivity index (χ0) is 13.8. The third-order valence-electron chi connectivity index (χ3n) is 2.88. The maximum absolute atomic E-state index is 13.7. The van der Waals surface area contributed by atoms with Crippen molar-refractivity contribution in [3.8, 4) is 0 Å². The van der Waals surface area contributed by atoms with Gasteiger partial charge in [-0.15, -0.1) is 0 Å². The zero-order valence-corrected chi connectivity index (χ0v) is 11.5. The first-order valence-corrected chi connectivity index (χ1v) is 6.51. The van der Waals surface area contributed by atoms with Gasteiger partial charge in [0, 0.05) is 5.02 Å². The van der Waals surface area contributed by atoms with Crippen LogP contribution in [0.25, 0.3) is 0 Å². The molecule has 0 radical (unpaired) electrons. The topological polar surface area (TPSA) is 17.1 Å². The summed E-state index contributed by atoms with van der Waals surface area (Å²) in [6, 6.07) is 13.3. The lowest BCUT2D eigenvalue weighted by Crippen LogP contribution is -2.12. The van der Waals surface area contributed by atoms with Crippen molar-refractivity contribution in [2.75, 3.05) is 0 Å². The van der Waals surface area contributed by atoms with Gasteiger partial charge in [0.2, 0.25) is 5.24 Å². The van der Waals surface area contributed by atoms with Gasteiger partial charge in [0.1, 0.15) is 5.82 Å². The Kier molecular flexibility index (Phi) is 4.56. The summed E-state index contributed by atoms with van der Waals surface area (Å²) in [7, 11) is 0. The van der Waals surface area contributed by atoms with Crippen LogP contribution in [0.4, 0.5) is 4.39 Å². The number of carbonyl (C=O) groups is 1. The molecule has 2 aromatic carbocycles. The number of halogens is 3. The maximum Gasteiger partial charge on any atom is 0.229 e. The average molecular weight is 297 g/mol. The van der Waals surface area contributed by atoms with Crippen LogP contribution in [0, 0.1) is 5.82 Å². The van der Waals surface area contributed by atoms with Gasteiger partial charge in [0.15, 0.2) is 0 Å². The highest BCUT2D eigenvalue weighted by Crippen LogP contribution is 2.26. The molecule has 0 heterocycles. The van der Waals surface area contributed by atoms with Crippen LogP contribution in [0.2, 0.25) is 5.02 Å². The van der Waals surface area contributed by atoms with Crippen LogP contribution in [0.5, 0.6) is 0 Å². The Morgan fingerprint density at radius 2 is 1.89 bits per heavy atom. The number of hydrogen-bond donors (Lipinski definition) is 0. The van der Waals surface area contributed by atoms with Crippen molar-refractivity contribution >= 4 is 28.4 Å². The van der Waals surface area contributed by atoms with Crippen molar-refractivity contribution in [1.82, 2.24) is 0 Å². The highest BCUT2D eigenvalue weighted by molar-refractivity contribution is 6.64. The molecule has 0 fully saturated rings. The molecular weight excluding hydrogens is 286 g/mol. The largest absolute Gasteiger partial charge is 0.281 e. The molecule has 0 aliphatic rings. The second-order valence-electron chi connectivity index (χ2n) is 4.21. The van der Waals surface area contributed by atoms with E-state index < -0.39 is 17.0 Å². The van der Waals surface area contributed by atoms with Gasteiger partial charge in [0.25, 0.3) is 0 Å². The molecule has 2 rings (SSSR count). The van der Waals surface area contributed by atoms with E-state index >= 15 is 0 Å². The standard InChI is InChI=1S/C15H11Cl2FO/c16-11-5-3-4-10(8-11)9-13(15(17)19)12-6-1-2-7-14(12)18/h1-8,13H,9H2. The average Bonchev–Trinajstić information content (AvgIpc) is 2.37. The minimum Gasteiger partial charge on any atom is -0.281 e. The molecule has 4 heteroatoms. The van der Waals surface area contributed by atoms with Gasteiger partial charge in [-0.1, -0.05) is 41.9 Å². The lowest BCUT2D eigenvalue weighted by molar-refractivity contribution is -0.113. The van der Waals surface area contributed by atoms with Crippen molar-refractivity contribution in [2.24, 2.45) is 0 Å². The smallest absolute Gasteiger partial charge is 0.229 e. The summed E-state index contributed by atoms with van der Waals surface area (Å²) in [5.41, 5.74) is 1.15. The Hall–Kier alpha value is -1.38. The van der Waals surface area contributed by atoms with Crippen LogP contribution in [-0.4, -0.2) is 5.24 Å². The Balaban J connectivity index is 2.32. The molecule has 1 unspecified atom stereocenters. The summed E-state index contributed by atoms with van der Waals surface area (Å²) in [4.78, 5) is 11.6. The van der Waals surface area contributed by atoms with Gasteiger partial charge >= 0.3 is 0 Å². The van der Waals surface area contributed by atoms with Crippen LogP contribution in [0.1, 0.15) is 17.0 Å². The first-order valence-electron chi connectivity index (χ1n) is 5.76. The van der Waals surface area contributed by atoms with Crippen LogP contribution in [0.15, 0.2) is 48.5 Å². The van der Waals surface area contributed by atoms with Crippen LogP contribution in [0.3, 0.4) is 0 Å². The molecule has 0 aromatic heterocycles. The summed E-state index contributed by atoms with van der Waals surface area (Å²) in [6.07, 6.45) is 0.323. The molecule has 0 aliphatic carbocycles. The number of carbonyl (C=O) groups excluding carboxylic acids is 1. The molecule has 0 saturated heterocycles. The third-order valence-corrected chi connectivity index (χ3v) is 3.38. The van der Waals surface area contributed by atoms with Gasteiger partial charge in [0.05, 0.1) is 5.92 Å². The van der Waals surface area contributed by atoms with E-state index in [9.17, 15) is 9.18 Å². The second-order valence-corrected chi connectivity index (χ2v) is 5.02. The minimum atomic E-state index is -0.707. The van der Waals surface area contributed by atoms with E-state index in [-0.39, 0.29) is 0 Å². The van der Waals surface area contributed by atoms with Crippen molar-refractivity contribution in [3.63, 3.8) is 0 Å². The van der Waals surface area contributed by atoms with Crippen molar-refractivity contribution < 1.29 is 9.18 Å². The number of rotatable bonds is 4. The Bertz CT molecular complexity index is 598. The second kappa shape index (κ2) is 6.18. The maximum atomic E-state index is 13.7. The van der Waals surface area contributed by atoms with Gasteiger partial charge in [-0.2, -0.15) is 0 Å². The summed E-state index contributed by atoms with van der Waals surface area (Å²) in [5.74, 6) is -1.13. The van der Waals surface area contributed by atoms with Crippen LogP contribution >= 0.6 is 23.2 Å². The van der Waals surface area contributed by atoms with Gasteiger partial charge in [-0.3, -0.25) is 4.79 Å². The normalized spacial score (nSPS) is 12.2. The highest BCUT2D eigenvalue weighted by atomic mass is 35.5. The molecule has 0 spiro atoms. The minimum absolute atomic E-state index is 0.308. The molecule has 19 heavy (non-hydrogen) atoms. The van der Waals surface area contributed by atoms with E-state index in [1.54, 1.807) is 36.4 Å². The van der Waals surface area contributed by atoms with E-state index in [1.807, 2.05) is 6.07 Å². The lowest BCUT2D eigenvalue weighted by atomic mass is 9.92. The molecule has 2 aromatic rings. The first kappa shape index (κ1) is 14.0. The van der Waals surface area contributed by atoms with Crippen molar-refractivity contribution in [2.45, 2.75) is 12.3 Å². The quantitative estimate of drug-likeness (QED) is 0.755. The molecular formula is C15H11Cl2FO. The van der Waals surface area contributed by atoms with Gasteiger partial charge in [-0.25, -0.2) is 4.39 Å². The zero-order valence-electron chi connectivity index (χ0n) is 9.95. The van der Waals surface area contributed by atoms with E-state index in [4.69, 9.17) is 23.2 Å². The fraction of sp³-hybridized carbons (Fsp3) is 0.133. The Morgan fingerprint density at radius 1 is 1.16 bits per heavy atom. The Morgan fingerprint density at radius 3 is 2.53 bits per heavy atom. The first-order chi connectivity index (χ1) is 9.08. The predicted molar refractivity (Wildman–Crippen MR) is 75.2 cm³/mol. The lowest BCUT2D eigenvalue weighted by Gasteiger charge is -2.14. The number of benzene rings is 2. The third kappa shape index (κ3) is 3.55. The summed E-state index contributed by atoms with van der Waals surface area (Å²) in [6.45, 7) is 0. The molecule has 0 N–H and O–H groups in total. The Labute approximate surface area is 121 Å². The molecule has 1 atom stereocenters. The SMILES string of the molecule is O=C(Cl)C(Cc1cccc(Cl)c1)c1ccccc1F. The summed E-state index contributed by atoms with van der Waals surface area (Å²) < 4.78 is 13.7. The van der Waals surface area contributed by atoms with Gasteiger partial charge < -0.3 is 0 Å².